The van der Waals surface area contributed by atoms with Crippen LogP contribution in [0.1, 0.15) is 24.4 Å². The molecule has 2 heterocycles. The van der Waals surface area contributed by atoms with Crippen molar-refractivity contribution in [2.45, 2.75) is 37.5 Å². The molecule has 5 rings (SSSR count). The van der Waals surface area contributed by atoms with Gasteiger partial charge < -0.3 is 20.5 Å². The lowest BCUT2D eigenvalue weighted by Gasteiger charge is -2.25. The van der Waals surface area contributed by atoms with E-state index in [1.165, 1.54) is 6.07 Å². The average molecular weight is 394 g/mol. The Bertz CT molecular complexity index is 1110. The summed E-state index contributed by atoms with van der Waals surface area (Å²) in [6.07, 6.45) is 2.64. The van der Waals surface area contributed by atoms with Crippen LogP contribution in [0.3, 0.4) is 0 Å². The van der Waals surface area contributed by atoms with Gasteiger partial charge in [-0.3, -0.25) is 0 Å². The number of hydrogen-bond acceptors (Lipinski definition) is 5. The molecule has 4 N–H and O–H groups in total. The molecule has 29 heavy (non-hydrogen) atoms. The highest BCUT2D eigenvalue weighted by Gasteiger charge is 2.70. The van der Waals surface area contributed by atoms with Gasteiger partial charge in [0.05, 0.1) is 17.7 Å². The van der Waals surface area contributed by atoms with Crippen molar-refractivity contribution in [1.29, 1.82) is 0 Å². The molecule has 0 unspecified atom stereocenters. The first kappa shape index (κ1) is 18.3. The number of rotatable bonds is 5. The molecule has 2 saturated carbocycles. The van der Waals surface area contributed by atoms with Gasteiger partial charge >= 0.3 is 0 Å². The van der Waals surface area contributed by atoms with Crippen LogP contribution in [0.5, 0.6) is 0 Å². The van der Waals surface area contributed by atoms with Crippen molar-refractivity contribution in [1.82, 2.24) is 9.55 Å². The quantitative estimate of drug-likeness (QED) is 0.580. The molecule has 2 aromatic heterocycles. The second-order valence-electron chi connectivity index (χ2n) is 8.28. The zero-order chi connectivity index (χ0) is 20.3. The lowest BCUT2D eigenvalue weighted by atomic mass is 9.91. The number of halogens is 1. The largest absolute Gasteiger partial charge is 0.390 e. The molecule has 7 heteroatoms. The molecule has 2 aliphatic rings. The van der Waals surface area contributed by atoms with E-state index in [1.54, 1.807) is 0 Å². The van der Waals surface area contributed by atoms with Crippen molar-refractivity contribution in [3.63, 3.8) is 0 Å². The number of aliphatic imine (C=N–C) groups is 1. The smallest absolute Gasteiger partial charge is 0.165 e. The van der Waals surface area contributed by atoms with E-state index < -0.39 is 18.0 Å². The van der Waals surface area contributed by atoms with Crippen molar-refractivity contribution in [2.24, 2.45) is 16.3 Å². The third-order valence-corrected chi connectivity index (χ3v) is 6.83. The SMILES string of the molecule is C=Nc1cccn1[C@H]1[C@H](O)[C@H](O)[C@@]2(CCc3ccc4cc(F)c(N)nc4c3)C[C@H]12. The number of aryl methyl sites for hydroxylation is 1. The van der Waals surface area contributed by atoms with Crippen molar-refractivity contribution in [2.75, 3.05) is 5.73 Å². The number of aliphatic hydroxyl groups excluding tert-OH is 2. The molecule has 2 fully saturated rings. The van der Waals surface area contributed by atoms with Gasteiger partial charge in [-0.15, -0.1) is 0 Å². The highest BCUT2D eigenvalue weighted by Crippen LogP contribution is 2.69. The second kappa shape index (κ2) is 6.37. The maximum Gasteiger partial charge on any atom is 0.165 e. The minimum Gasteiger partial charge on any atom is -0.390 e. The predicted octanol–water partition coefficient (Wildman–Crippen LogP) is 3.01. The predicted molar refractivity (Wildman–Crippen MR) is 110 cm³/mol. The topological polar surface area (TPSA) is 96.7 Å². The maximum absolute atomic E-state index is 13.6. The number of pyridine rings is 1. The first-order chi connectivity index (χ1) is 13.9. The highest BCUT2D eigenvalue weighted by atomic mass is 19.1. The van der Waals surface area contributed by atoms with Crippen LogP contribution < -0.4 is 5.73 Å². The fraction of sp³-hybridized carbons (Fsp3) is 0.364. The van der Waals surface area contributed by atoms with Crippen LogP contribution >= 0.6 is 0 Å². The molecule has 1 aromatic carbocycles. The number of hydrogen-bond donors (Lipinski definition) is 3. The lowest BCUT2D eigenvalue weighted by molar-refractivity contribution is -0.0194. The summed E-state index contributed by atoms with van der Waals surface area (Å²) in [6, 6.07) is 10.6. The van der Waals surface area contributed by atoms with Crippen LogP contribution in [0.4, 0.5) is 16.0 Å². The first-order valence-electron chi connectivity index (χ1n) is 9.79. The van der Waals surface area contributed by atoms with Gasteiger partial charge in [0.15, 0.2) is 11.6 Å². The van der Waals surface area contributed by atoms with Crippen molar-refractivity contribution in [3.05, 3.63) is 54.0 Å². The summed E-state index contributed by atoms with van der Waals surface area (Å²) in [5, 5.41) is 22.3. The summed E-state index contributed by atoms with van der Waals surface area (Å²) in [6.45, 7) is 3.59. The van der Waals surface area contributed by atoms with E-state index in [2.05, 4.69) is 16.7 Å². The van der Waals surface area contributed by atoms with Crippen LogP contribution in [0.2, 0.25) is 0 Å². The van der Waals surface area contributed by atoms with Gasteiger partial charge in [-0.2, -0.15) is 0 Å². The number of benzene rings is 1. The Morgan fingerprint density at radius 3 is 2.93 bits per heavy atom. The highest BCUT2D eigenvalue weighted by molar-refractivity contribution is 5.80. The summed E-state index contributed by atoms with van der Waals surface area (Å²) in [5.41, 5.74) is 7.01. The standard InChI is InChI=1S/C22H23FN4O2/c1-25-17-3-2-8-27(17)18-14-11-22(14,20(29)19(18)28)7-6-12-4-5-13-10-15(23)21(24)26-16(13)9-12/h2-5,8-10,14,18-20,28-29H,1,6-7,11H2,(H2,24,26)/t14-,18-,19+,20+,22+/m1/s1. The minimum absolute atomic E-state index is 0.106. The van der Waals surface area contributed by atoms with Gasteiger partial charge in [0.1, 0.15) is 11.9 Å². The molecule has 150 valence electrons. The molecule has 0 aliphatic heterocycles. The first-order valence-corrected chi connectivity index (χ1v) is 9.79. The molecular weight excluding hydrogens is 371 g/mol. The summed E-state index contributed by atoms with van der Waals surface area (Å²) >= 11 is 0. The molecular formula is C22H23FN4O2. The van der Waals surface area contributed by atoms with E-state index >= 15 is 0 Å². The van der Waals surface area contributed by atoms with Gasteiger partial charge in [0.2, 0.25) is 0 Å². The van der Waals surface area contributed by atoms with Crippen molar-refractivity contribution < 1.29 is 14.6 Å². The Balaban J connectivity index is 1.37. The Hall–Kier alpha value is -2.77. The number of nitrogens with two attached hydrogens (primary N) is 1. The Morgan fingerprint density at radius 1 is 1.31 bits per heavy atom. The molecule has 0 amide bonds. The number of aliphatic hydroxyl groups is 2. The monoisotopic (exact) mass is 394 g/mol. The van der Waals surface area contributed by atoms with Gasteiger partial charge in [-0.1, -0.05) is 12.1 Å². The third kappa shape index (κ3) is 2.68. The molecule has 6 nitrogen and oxygen atoms in total. The zero-order valence-corrected chi connectivity index (χ0v) is 15.9. The summed E-state index contributed by atoms with van der Waals surface area (Å²) in [5.74, 6) is 0.279. The Labute approximate surface area is 167 Å². The molecule has 3 aromatic rings. The van der Waals surface area contributed by atoms with Crippen LogP contribution in [-0.4, -0.2) is 38.7 Å². The molecule has 5 atom stereocenters. The van der Waals surface area contributed by atoms with Crippen molar-refractivity contribution in [3.8, 4) is 0 Å². The Morgan fingerprint density at radius 2 is 2.14 bits per heavy atom. The van der Waals surface area contributed by atoms with Crippen LogP contribution in [0.15, 0.2) is 47.6 Å². The lowest BCUT2D eigenvalue weighted by Crippen LogP contribution is -2.34. The maximum atomic E-state index is 13.6. The number of nitrogens with zero attached hydrogens (tertiary/aromatic N) is 3. The van der Waals surface area contributed by atoms with E-state index in [0.717, 1.165) is 24.8 Å². The molecule has 0 spiro atoms. The molecule has 0 bridgehead atoms. The summed E-state index contributed by atoms with van der Waals surface area (Å²) < 4.78 is 15.5. The number of fused-ring (bicyclic) bond motifs is 2. The van der Waals surface area contributed by atoms with E-state index in [-0.39, 0.29) is 23.2 Å². The Kier molecular flexibility index (Phi) is 4.01. The van der Waals surface area contributed by atoms with Crippen molar-refractivity contribution >= 4 is 29.3 Å². The average Bonchev–Trinajstić information content (AvgIpc) is 3.15. The van der Waals surface area contributed by atoms with E-state index in [1.807, 2.05) is 41.1 Å². The van der Waals surface area contributed by atoms with E-state index in [0.29, 0.717) is 16.7 Å². The summed E-state index contributed by atoms with van der Waals surface area (Å²) in [7, 11) is 0. The normalized spacial score (nSPS) is 30.4. The molecule has 2 aliphatic carbocycles. The molecule has 0 saturated heterocycles. The zero-order valence-electron chi connectivity index (χ0n) is 15.9. The van der Waals surface area contributed by atoms with Crippen LogP contribution in [-0.2, 0) is 6.42 Å². The number of nitrogen functional groups attached to an aromatic ring is 1. The number of aromatic nitrogens is 2. The van der Waals surface area contributed by atoms with Gasteiger partial charge in [-0.05, 0) is 61.7 Å². The molecule has 0 radical (unpaired) electrons. The summed E-state index contributed by atoms with van der Waals surface area (Å²) in [4.78, 5) is 8.15. The fourth-order valence-corrected chi connectivity index (χ4v) is 5.22. The number of anilines is 1. The van der Waals surface area contributed by atoms with Gasteiger partial charge in [0.25, 0.3) is 0 Å². The van der Waals surface area contributed by atoms with Gasteiger partial charge in [-0.25, -0.2) is 14.4 Å². The van der Waals surface area contributed by atoms with Crippen LogP contribution in [0.25, 0.3) is 10.9 Å². The van der Waals surface area contributed by atoms with E-state index in [9.17, 15) is 14.6 Å². The van der Waals surface area contributed by atoms with Crippen LogP contribution in [0, 0.1) is 17.2 Å². The van der Waals surface area contributed by atoms with Gasteiger partial charge in [0, 0.05) is 17.0 Å². The fourth-order valence-electron chi connectivity index (χ4n) is 5.22. The second-order valence-corrected chi connectivity index (χ2v) is 8.28. The minimum atomic E-state index is -0.831. The van der Waals surface area contributed by atoms with E-state index in [4.69, 9.17) is 5.73 Å². The third-order valence-electron chi connectivity index (χ3n) is 6.83.